The van der Waals surface area contributed by atoms with Gasteiger partial charge in [-0.25, -0.2) is 9.97 Å². The summed E-state index contributed by atoms with van der Waals surface area (Å²) in [6.07, 6.45) is 7.94. The summed E-state index contributed by atoms with van der Waals surface area (Å²) in [6, 6.07) is 28.6. The lowest BCUT2D eigenvalue weighted by Crippen LogP contribution is -1.99. The molecule has 0 spiro atoms. The molecule has 0 bridgehead atoms. The Kier molecular flexibility index (Phi) is 7.71. The Bertz CT molecular complexity index is 1730. The van der Waals surface area contributed by atoms with Crippen LogP contribution >= 0.6 is 0 Å². The van der Waals surface area contributed by atoms with Crippen molar-refractivity contribution in [1.29, 1.82) is 0 Å². The van der Waals surface area contributed by atoms with Gasteiger partial charge in [0.2, 0.25) is 0 Å². The second-order valence-corrected chi connectivity index (χ2v) is 10.5. The van der Waals surface area contributed by atoms with Crippen molar-refractivity contribution >= 4 is 21.8 Å². The number of aryl methyl sites for hydroxylation is 2. The number of hydrogen-bond acceptors (Lipinski definition) is 4. The second-order valence-electron chi connectivity index (χ2n) is 10.5. The number of rotatable bonds is 11. The smallest absolute Gasteiger partial charge is 0.107 e. The zero-order valence-corrected chi connectivity index (χ0v) is 22.8. The van der Waals surface area contributed by atoms with Crippen molar-refractivity contribution in [3.05, 3.63) is 96.7 Å². The molecule has 6 rings (SSSR count). The van der Waals surface area contributed by atoms with Gasteiger partial charge in [0.25, 0.3) is 0 Å². The molecule has 0 saturated heterocycles. The highest BCUT2D eigenvalue weighted by Gasteiger charge is 2.08. The summed E-state index contributed by atoms with van der Waals surface area (Å²) in [5.74, 6) is 2.05. The molecule has 0 atom stereocenters. The van der Waals surface area contributed by atoms with Crippen molar-refractivity contribution in [2.75, 3.05) is 13.1 Å². The largest absolute Gasteiger partial charge is 0.342 e. The number of imidazole rings is 2. The maximum Gasteiger partial charge on any atom is 0.107 e. The molecule has 0 aliphatic carbocycles. The maximum atomic E-state index is 5.64. The van der Waals surface area contributed by atoms with Crippen LogP contribution < -0.4 is 11.5 Å². The van der Waals surface area contributed by atoms with Gasteiger partial charge in [-0.15, -0.1) is 0 Å². The zero-order chi connectivity index (χ0) is 27.3. The van der Waals surface area contributed by atoms with Crippen molar-refractivity contribution in [2.45, 2.75) is 38.5 Å². The van der Waals surface area contributed by atoms with E-state index in [2.05, 4.69) is 93.8 Å². The van der Waals surface area contributed by atoms with Crippen LogP contribution in [0, 0.1) is 0 Å². The number of fused-ring (bicyclic) bond motifs is 2. The molecule has 40 heavy (non-hydrogen) atoms. The van der Waals surface area contributed by atoms with Crippen LogP contribution in [0.1, 0.15) is 37.3 Å². The van der Waals surface area contributed by atoms with E-state index in [0.717, 1.165) is 85.6 Å². The third kappa shape index (κ3) is 5.69. The minimum atomic E-state index is 0.724. The van der Waals surface area contributed by atoms with E-state index in [0.29, 0.717) is 0 Å². The predicted octanol–water partition coefficient (Wildman–Crippen LogP) is 7.00. The van der Waals surface area contributed by atoms with Gasteiger partial charge in [0.1, 0.15) is 11.6 Å². The highest BCUT2D eigenvalue weighted by molar-refractivity contribution is 5.92. The quantitative estimate of drug-likeness (QED) is 0.136. The van der Waals surface area contributed by atoms with E-state index in [9.17, 15) is 0 Å². The molecule has 6 nitrogen and oxygen atoms in total. The van der Waals surface area contributed by atoms with Gasteiger partial charge in [-0.05, 0) is 102 Å². The minimum Gasteiger partial charge on any atom is -0.342 e. The molecule has 202 valence electrons. The topological polar surface area (TPSA) is 109 Å². The number of nitrogens with two attached hydrogens (primary N) is 2. The Hall–Kier alpha value is -4.26. The summed E-state index contributed by atoms with van der Waals surface area (Å²) >= 11 is 0. The standard InChI is InChI=1S/C34H36N6/c35-17-3-1-5-33-37-22-32(40-33)25-11-7-23(8-12-25)26-13-9-24-10-14-27(20-29(24)19-26)28-15-16-30-31(21-28)39-34(38-30)6-2-4-18-36/h7-16,19-22H,1-6,17-18,35-36H2,(H,37,40)(H,38,39). The van der Waals surface area contributed by atoms with Crippen molar-refractivity contribution in [3.63, 3.8) is 0 Å². The number of nitrogens with one attached hydrogen (secondary N) is 2. The first kappa shape index (κ1) is 26.0. The Labute approximate surface area is 234 Å². The number of aromatic amines is 2. The highest BCUT2D eigenvalue weighted by atomic mass is 14.9. The SMILES string of the molecule is NCCCCc1ncc(-c2ccc(-c3ccc4ccc(-c5ccc6nc(CCCCN)[nH]c6c5)cc4c3)cc2)[nH]1. The van der Waals surface area contributed by atoms with Crippen molar-refractivity contribution in [1.82, 2.24) is 19.9 Å². The van der Waals surface area contributed by atoms with E-state index < -0.39 is 0 Å². The lowest BCUT2D eigenvalue weighted by molar-refractivity contribution is 0.723. The van der Waals surface area contributed by atoms with Gasteiger partial charge in [0.15, 0.2) is 0 Å². The third-order valence-corrected chi connectivity index (χ3v) is 7.60. The van der Waals surface area contributed by atoms with Crippen LogP contribution in [-0.4, -0.2) is 33.0 Å². The van der Waals surface area contributed by atoms with Gasteiger partial charge in [-0.1, -0.05) is 54.6 Å². The molecule has 0 saturated carbocycles. The molecular weight excluding hydrogens is 492 g/mol. The minimum absolute atomic E-state index is 0.724. The van der Waals surface area contributed by atoms with Crippen LogP contribution in [0.5, 0.6) is 0 Å². The second kappa shape index (κ2) is 11.9. The molecule has 0 radical (unpaired) electrons. The Morgan fingerprint density at radius 2 is 1.15 bits per heavy atom. The van der Waals surface area contributed by atoms with Gasteiger partial charge in [0.05, 0.1) is 22.9 Å². The molecule has 2 heterocycles. The average Bonchev–Trinajstić information content (AvgIpc) is 3.63. The first-order chi connectivity index (χ1) is 19.7. The van der Waals surface area contributed by atoms with Crippen LogP contribution in [0.4, 0.5) is 0 Å². The van der Waals surface area contributed by atoms with Crippen LogP contribution in [0.2, 0.25) is 0 Å². The molecule has 6 heteroatoms. The van der Waals surface area contributed by atoms with Crippen LogP contribution in [-0.2, 0) is 12.8 Å². The molecule has 0 aliphatic heterocycles. The lowest BCUT2D eigenvalue weighted by atomic mass is 9.97. The van der Waals surface area contributed by atoms with Gasteiger partial charge >= 0.3 is 0 Å². The number of hydrogen-bond donors (Lipinski definition) is 4. The fraction of sp³-hybridized carbons (Fsp3) is 0.235. The number of unbranched alkanes of at least 4 members (excludes halogenated alkanes) is 2. The van der Waals surface area contributed by atoms with Crippen LogP contribution in [0.3, 0.4) is 0 Å². The fourth-order valence-electron chi connectivity index (χ4n) is 5.32. The lowest BCUT2D eigenvalue weighted by Gasteiger charge is -2.08. The number of benzene rings is 4. The van der Waals surface area contributed by atoms with E-state index >= 15 is 0 Å². The average molecular weight is 529 g/mol. The summed E-state index contributed by atoms with van der Waals surface area (Å²) in [4.78, 5) is 16.2. The monoisotopic (exact) mass is 528 g/mol. The number of aromatic nitrogens is 4. The predicted molar refractivity (Wildman–Crippen MR) is 166 cm³/mol. The van der Waals surface area contributed by atoms with Gasteiger partial charge in [-0.3, -0.25) is 0 Å². The van der Waals surface area contributed by atoms with Crippen molar-refractivity contribution in [3.8, 4) is 33.5 Å². The van der Waals surface area contributed by atoms with Crippen molar-refractivity contribution in [2.24, 2.45) is 11.5 Å². The molecule has 6 N–H and O–H groups in total. The molecule has 4 aromatic carbocycles. The van der Waals surface area contributed by atoms with E-state index in [4.69, 9.17) is 16.5 Å². The van der Waals surface area contributed by atoms with Gasteiger partial charge in [0, 0.05) is 12.8 Å². The van der Waals surface area contributed by atoms with E-state index in [1.54, 1.807) is 0 Å². The molecule has 6 aromatic rings. The summed E-state index contributed by atoms with van der Waals surface area (Å²) in [5.41, 5.74) is 20.3. The van der Waals surface area contributed by atoms with Crippen LogP contribution in [0.25, 0.3) is 55.3 Å². The Morgan fingerprint density at radius 1 is 0.550 bits per heavy atom. The van der Waals surface area contributed by atoms with Crippen LogP contribution in [0.15, 0.2) is 85.1 Å². The Morgan fingerprint density at radius 3 is 1.88 bits per heavy atom. The highest BCUT2D eigenvalue weighted by Crippen LogP contribution is 2.31. The summed E-state index contributed by atoms with van der Waals surface area (Å²) in [5, 5.41) is 2.45. The first-order valence-electron chi connectivity index (χ1n) is 14.3. The van der Waals surface area contributed by atoms with Crippen molar-refractivity contribution < 1.29 is 0 Å². The Balaban J connectivity index is 1.22. The first-order valence-corrected chi connectivity index (χ1v) is 14.3. The number of H-pyrrole nitrogens is 2. The molecule has 2 aromatic heterocycles. The van der Waals surface area contributed by atoms with E-state index in [-0.39, 0.29) is 0 Å². The maximum absolute atomic E-state index is 5.64. The van der Waals surface area contributed by atoms with Gasteiger partial charge in [-0.2, -0.15) is 0 Å². The summed E-state index contributed by atoms with van der Waals surface area (Å²) < 4.78 is 0. The molecule has 0 fully saturated rings. The molecule has 0 unspecified atom stereocenters. The third-order valence-electron chi connectivity index (χ3n) is 7.60. The van der Waals surface area contributed by atoms with Gasteiger partial charge < -0.3 is 21.4 Å². The summed E-state index contributed by atoms with van der Waals surface area (Å²) in [6.45, 7) is 1.45. The van der Waals surface area contributed by atoms with E-state index in [1.807, 2.05) is 6.20 Å². The molecular formula is C34H36N6. The molecule has 0 aliphatic rings. The fourth-order valence-corrected chi connectivity index (χ4v) is 5.32. The summed E-state index contributed by atoms with van der Waals surface area (Å²) in [7, 11) is 0. The number of nitrogens with zero attached hydrogens (tertiary/aromatic N) is 2. The normalized spacial score (nSPS) is 11.6. The zero-order valence-electron chi connectivity index (χ0n) is 22.8. The molecule has 0 amide bonds. The van der Waals surface area contributed by atoms with E-state index in [1.165, 1.54) is 33.0 Å².